The molecular formula is C16H17BrFNO2. The number of nitrogens with one attached hydrogen (secondary N) is 1. The molecule has 5 heteroatoms. The van der Waals surface area contributed by atoms with Crippen molar-refractivity contribution in [2.75, 3.05) is 20.3 Å². The lowest BCUT2D eigenvalue weighted by molar-refractivity contribution is 0.199. The molecule has 2 aromatic carbocycles. The van der Waals surface area contributed by atoms with E-state index in [1.807, 2.05) is 18.2 Å². The fourth-order valence-corrected chi connectivity index (χ4v) is 2.04. The molecule has 0 saturated heterocycles. The lowest BCUT2D eigenvalue weighted by atomic mass is 10.2. The summed E-state index contributed by atoms with van der Waals surface area (Å²) in [6, 6.07) is 12.2. The zero-order chi connectivity index (χ0) is 15.1. The Hall–Kier alpha value is -1.43. The van der Waals surface area contributed by atoms with Gasteiger partial charge in [0, 0.05) is 24.7 Å². The second-order valence-electron chi connectivity index (χ2n) is 4.49. The van der Waals surface area contributed by atoms with Gasteiger partial charge in [0.25, 0.3) is 0 Å². The average Bonchev–Trinajstić information content (AvgIpc) is 2.48. The molecule has 112 valence electrons. The average molecular weight is 354 g/mol. The van der Waals surface area contributed by atoms with Crippen LogP contribution in [0.5, 0.6) is 11.5 Å². The second kappa shape index (κ2) is 8.12. The SMILES string of the molecule is COCCNCc1ccc(Oc2ccc(Br)cc2)c(F)c1. The fourth-order valence-electron chi connectivity index (χ4n) is 1.77. The summed E-state index contributed by atoms with van der Waals surface area (Å²) in [5.74, 6) is 0.449. The monoisotopic (exact) mass is 353 g/mol. The third-order valence-corrected chi connectivity index (χ3v) is 3.38. The Morgan fingerprint density at radius 1 is 1.14 bits per heavy atom. The summed E-state index contributed by atoms with van der Waals surface area (Å²) < 4.78 is 25.4. The lowest BCUT2D eigenvalue weighted by Gasteiger charge is -2.09. The standard InChI is InChI=1S/C16H17BrFNO2/c1-20-9-8-19-11-12-2-7-16(15(18)10-12)21-14-5-3-13(17)4-6-14/h2-7,10,19H,8-9,11H2,1H3. The molecule has 0 atom stereocenters. The Balaban J connectivity index is 1.97. The zero-order valence-electron chi connectivity index (χ0n) is 11.7. The minimum absolute atomic E-state index is 0.220. The lowest BCUT2D eigenvalue weighted by Crippen LogP contribution is -2.18. The van der Waals surface area contributed by atoms with Crippen molar-refractivity contribution in [2.24, 2.45) is 0 Å². The molecule has 3 nitrogen and oxygen atoms in total. The van der Waals surface area contributed by atoms with E-state index in [4.69, 9.17) is 9.47 Å². The number of rotatable bonds is 7. The van der Waals surface area contributed by atoms with Crippen molar-refractivity contribution >= 4 is 15.9 Å². The molecule has 0 aliphatic carbocycles. The zero-order valence-corrected chi connectivity index (χ0v) is 13.3. The quantitative estimate of drug-likeness (QED) is 0.759. The van der Waals surface area contributed by atoms with Gasteiger partial charge in [-0.05, 0) is 42.0 Å². The molecule has 0 aliphatic heterocycles. The third-order valence-electron chi connectivity index (χ3n) is 2.85. The van der Waals surface area contributed by atoms with Gasteiger partial charge in [0.2, 0.25) is 0 Å². The Kier molecular flexibility index (Phi) is 6.17. The van der Waals surface area contributed by atoms with E-state index in [0.29, 0.717) is 18.9 Å². The number of methoxy groups -OCH3 is 1. The Labute approximate surface area is 132 Å². The van der Waals surface area contributed by atoms with Crippen LogP contribution in [0.3, 0.4) is 0 Å². The fraction of sp³-hybridized carbons (Fsp3) is 0.250. The molecule has 0 saturated carbocycles. The molecule has 0 aliphatic rings. The van der Waals surface area contributed by atoms with Crippen molar-refractivity contribution in [3.63, 3.8) is 0 Å². The molecule has 0 fully saturated rings. The highest BCUT2D eigenvalue weighted by atomic mass is 79.9. The van der Waals surface area contributed by atoms with Gasteiger partial charge in [-0.25, -0.2) is 4.39 Å². The molecule has 0 bridgehead atoms. The molecule has 21 heavy (non-hydrogen) atoms. The van der Waals surface area contributed by atoms with Crippen molar-refractivity contribution in [3.8, 4) is 11.5 Å². The second-order valence-corrected chi connectivity index (χ2v) is 5.41. The molecule has 2 aromatic rings. The molecule has 0 spiro atoms. The maximum Gasteiger partial charge on any atom is 0.166 e. The summed E-state index contributed by atoms with van der Waals surface area (Å²) in [7, 11) is 1.65. The van der Waals surface area contributed by atoms with E-state index < -0.39 is 0 Å². The number of hydrogen-bond acceptors (Lipinski definition) is 3. The van der Waals surface area contributed by atoms with Gasteiger partial charge >= 0.3 is 0 Å². The first-order valence-electron chi connectivity index (χ1n) is 6.60. The van der Waals surface area contributed by atoms with Gasteiger partial charge in [-0.3, -0.25) is 0 Å². The van der Waals surface area contributed by atoms with Crippen LogP contribution in [0.25, 0.3) is 0 Å². The van der Waals surface area contributed by atoms with Crippen LogP contribution in [-0.2, 0) is 11.3 Å². The molecule has 2 rings (SSSR count). The topological polar surface area (TPSA) is 30.5 Å². The van der Waals surface area contributed by atoms with E-state index in [0.717, 1.165) is 16.6 Å². The number of benzene rings is 2. The molecule has 0 unspecified atom stereocenters. The minimum atomic E-state index is -0.371. The maximum atomic E-state index is 14.0. The van der Waals surface area contributed by atoms with Gasteiger partial charge in [0.15, 0.2) is 11.6 Å². The van der Waals surface area contributed by atoms with Crippen LogP contribution >= 0.6 is 15.9 Å². The van der Waals surface area contributed by atoms with Gasteiger partial charge in [-0.15, -0.1) is 0 Å². The predicted molar refractivity (Wildman–Crippen MR) is 84.2 cm³/mol. The van der Waals surface area contributed by atoms with E-state index >= 15 is 0 Å². The van der Waals surface area contributed by atoms with E-state index in [1.54, 1.807) is 25.3 Å². The van der Waals surface area contributed by atoms with Crippen molar-refractivity contribution in [2.45, 2.75) is 6.54 Å². The summed E-state index contributed by atoms with van der Waals surface area (Å²) in [4.78, 5) is 0. The normalized spacial score (nSPS) is 10.6. The van der Waals surface area contributed by atoms with Gasteiger partial charge in [-0.1, -0.05) is 22.0 Å². The van der Waals surface area contributed by atoms with Crippen LogP contribution in [0.1, 0.15) is 5.56 Å². The largest absolute Gasteiger partial charge is 0.454 e. The molecular weight excluding hydrogens is 337 g/mol. The van der Waals surface area contributed by atoms with E-state index in [2.05, 4.69) is 21.2 Å². The van der Waals surface area contributed by atoms with Crippen LogP contribution in [0, 0.1) is 5.82 Å². The Bertz CT molecular complexity index is 575. The number of hydrogen-bond donors (Lipinski definition) is 1. The third kappa shape index (κ3) is 5.12. The van der Waals surface area contributed by atoms with Crippen molar-refractivity contribution < 1.29 is 13.9 Å². The summed E-state index contributed by atoms with van der Waals surface area (Å²) in [5, 5.41) is 3.17. The summed E-state index contributed by atoms with van der Waals surface area (Å²) >= 11 is 3.34. The molecule has 0 amide bonds. The highest BCUT2D eigenvalue weighted by Crippen LogP contribution is 2.26. The molecule has 0 heterocycles. The van der Waals surface area contributed by atoms with E-state index in [9.17, 15) is 4.39 Å². The van der Waals surface area contributed by atoms with E-state index in [-0.39, 0.29) is 11.6 Å². The van der Waals surface area contributed by atoms with E-state index in [1.165, 1.54) is 6.07 Å². The van der Waals surface area contributed by atoms with Crippen LogP contribution in [0.4, 0.5) is 4.39 Å². The molecule has 0 aromatic heterocycles. The van der Waals surface area contributed by atoms with Gasteiger partial charge in [0.05, 0.1) is 6.61 Å². The smallest absolute Gasteiger partial charge is 0.166 e. The highest BCUT2D eigenvalue weighted by molar-refractivity contribution is 9.10. The maximum absolute atomic E-state index is 14.0. The van der Waals surface area contributed by atoms with Crippen molar-refractivity contribution in [3.05, 3.63) is 58.3 Å². The number of ether oxygens (including phenoxy) is 2. The van der Waals surface area contributed by atoms with Crippen LogP contribution in [0.15, 0.2) is 46.9 Å². The van der Waals surface area contributed by atoms with Crippen molar-refractivity contribution in [1.82, 2.24) is 5.32 Å². The van der Waals surface area contributed by atoms with Crippen LogP contribution in [-0.4, -0.2) is 20.3 Å². The first-order valence-corrected chi connectivity index (χ1v) is 7.40. The van der Waals surface area contributed by atoms with Gasteiger partial charge in [-0.2, -0.15) is 0 Å². The van der Waals surface area contributed by atoms with Crippen molar-refractivity contribution in [1.29, 1.82) is 0 Å². The predicted octanol–water partition coefficient (Wildman–Crippen LogP) is 4.12. The van der Waals surface area contributed by atoms with Crippen LogP contribution in [0.2, 0.25) is 0 Å². The first-order chi connectivity index (χ1) is 10.2. The first kappa shape index (κ1) is 15.9. The van der Waals surface area contributed by atoms with Gasteiger partial charge < -0.3 is 14.8 Å². The Morgan fingerprint density at radius 3 is 2.57 bits per heavy atom. The summed E-state index contributed by atoms with van der Waals surface area (Å²) in [6.07, 6.45) is 0. The summed E-state index contributed by atoms with van der Waals surface area (Å²) in [5.41, 5.74) is 0.867. The number of halogens is 2. The minimum Gasteiger partial charge on any atom is -0.454 e. The molecule has 1 N–H and O–H groups in total. The van der Waals surface area contributed by atoms with Gasteiger partial charge in [0.1, 0.15) is 5.75 Å². The van der Waals surface area contributed by atoms with Crippen LogP contribution < -0.4 is 10.1 Å². The molecule has 0 radical (unpaired) electrons. The Morgan fingerprint density at radius 2 is 1.90 bits per heavy atom. The summed E-state index contributed by atoms with van der Waals surface area (Å²) in [6.45, 7) is 1.96. The highest BCUT2D eigenvalue weighted by Gasteiger charge is 2.06.